The van der Waals surface area contributed by atoms with Crippen molar-refractivity contribution < 1.29 is 14.6 Å². The Morgan fingerprint density at radius 3 is 2.20 bits per heavy atom. The van der Waals surface area contributed by atoms with Crippen molar-refractivity contribution in [2.75, 3.05) is 13.7 Å². The van der Waals surface area contributed by atoms with Crippen molar-refractivity contribution in [3.05, 3.63) is 28.8 Å². The Morgan fingerprint density at radius 2 is 1.80 bits per heavy atom. The summed E-state index contributed by atoms with van der Waals surface area (Å²) < 4.78 is 10.6. The monoisotopic (exact) mass is 210 g/mol. The molecule has 0 spiro atoms. The van der Waals surface area contributed by atoms with Crippen molar-refractivity contribution in [2.24, 2.45) is 0 Å². The Bertz CT molecular complexity index is 311. The average molecular weight is 210 g/mol. The van der Waals surface area contributed by atoms with Gasteiger partial charge in [-0.1, -0.05) is 0 Å². The van der Waals surface area contributed by atoms with Crippen LogP contribution in [0.15, 0.2) is 12.1 Å². The maximum Gasteiger partial charge on any atom is 0.183 e. The van der Waals surface area contributed by atoms with Crippen LogP contribution in [0.4, 0.5) is 0 Å². The SMILES string of the molecule is CCOC(OC)c1cc(C)c(O)c(C)c1. The van der Waals surface area contributed by atoms with Gasteiger partial charge < -0.3 is 14.6 Å². The van der Waals surface area contributed by atoms with Crippen LogP contribution in [-0.2, 0) is 9.47 Å². The first-order valence-corrected chi connectivity index (χ1v) is 5.04. The van der Waals surface area contributed by atoms with E-state index in [-0.39, 0.29) is 6.29 Å². The second kappa shape index (κ2) is 5.14. The highest BCUT2D eigenvalue weighted by molar-refractivity contribution is 5.42. The molecule has 0 heterocycles. The molecule has 1 rings (SSSR count). The molecule has 1 aromatic carbocycles. The standard InChI is InChI=1S/C12H18O3/c1-5-15-12(14-4)10-6-8(2)11(13)9(3)7-10/h6-7,12-13H,5H2,1-4H3. The van der Waals surface area contributed by atoms with Gasteiger partial charge in [-0.2, -0.15) is 0 Å². The minimum absolute atomic E-state index is 0.338. The summed E-state index contributed by atoms with van der Waals surface area (Å²) in [5.41, 5.74) is 2.62. The minimum atomic E-state index is -0.354. The Hall–Kier alpha value is -1.06. The fourth-order valence-corrected chi connectivity index (χ4v) is 1.58. The third kappa shape index (κ3) is 2.70. The van der Waals surface area contributed by atoms with Gasteiger partial charge in [0.2, 0.25) is 0 Å². The third-order valence-electron chi connectivity index (χ3n) is 2.32. The van der Waals surface area contributed by atoms with Crippen LogP contribution in [0.2, 0.25) is 0 Å². The van der Waals surface area contributed by atoms with E-state index in [0.29, 0.717) is 12.4 Å². The van der Waals surface area contributed by atoms with Crippen molar-refractivity contribution in [2.45, 2.75) is 27.1 Å². The molecular formula is C12H18O3. The minimum Gasteiger partial charge on any atom is -0.507 e. The lowest BCUT2D eigenvalue weighted by atomic mass is 10.1. The quantitative estimate of drug-likeness (QED) is 0.776. The summed E-state index contributed by atoms with van der Waals surface area (Å²) in [6, 6.07) is 3.76. The van der Waals surface area contributed by atoms with Gasteiger partial charge >= 0.3 is 0 Å². The molecule has 0 aliphatic rings. The second-order valence-corrected chi connectivity index (χ2v) is 3.53. The number of benzene rings is 1. The molecule has 3 heteroatoms. The van der Waals surface area contributed by atoms with Crippen LogP contribution in [0.25, 0.3) is 0 Å². The van der Waals surface area contributed by atoms with Crippen molar-refractivity contribution in [1.29, 1.82) is 0 Å². The number of aromatic hydroxyl groups is 1. The molecule has 15 heavy (non-hydrogen) atoms. The molecular weight excluding hydrogens is 192 g/mol. The molecule has 0 aliphatic heterocycles. The summed E-state index contributed by atoms with van der Waals surface area (Å²) >= 11 is 0. The second-order valence-electron chi connectivity index (χ2n) is 3.53. The number of ether oxygens (including phenoxy) is 2. The lowest BCUT2D eigenvalue weighted by Gasteiger charge is -2.17. The van der Waals surface area contributed by atoms with Crippen LogP contribution in [0.1, 0.15) is 29.9 Å². The maximum atomic E-state index is 9.63. The first-order valence-electron chi connectivity index (χ1n) is 5.04. The molecule has 3 nitrogen and oxygen atoms in total. The highest BCUT2D eigenvalue weighted by atomic mass is 16.7. The number of aryl methyl sites for hydroxylation is 2. The highest BCUT2D eigenvalue weighted by Gasteiger charge is 2.12. The molecule has 1 N–H and O–H groups in total. The van der Waals surface area contributed by atoms with Crippen LogP contribution in [0, 0.1) is 13.8 Å². The molecule has 0 aromatic heterocycles. The largest absolute Gasteiger partial charge is 0.507 e. The zero-order chi connectivity index (χ0) is 11.4. The van der Waals surface area contributed by atoms with Gasteiger partial charge in [-0.05, 0) is 44.0 Å². The Balaban J connectivity index is 3.03. The van der Waals surface area contributed by atoms with Crippen LogP contribution in [0.3, 0.4) is 0 Å². The molecule has 84 valence electrons. The van der Waals surface area contributed by atoms with E-state index in [1.807, 2.05) is 32.9 Å². The van der Waals surface area contributed by atoms with Crippen LogP contribution in [-0.4, -0.2) is 18.8 Å². The van der Waals surface area contributed by atoms with Crippen molar-refractivity contribution in [3.63, 3.8) is 0 Å². The van der Waals surface area contributed by atoms with E-state index in [4.69, 9.17) is 9.47 Å². The Labute approximate surface area is 90.6 Å². The highest BCUT2D eigenvalue weighted by Crippen LogP contribution is 2.27. The van der Waals surface area contributed by atoms with Crippen LogP contribution < -0.4 is 0 Å². The smallest absolute Gasteiger partial charge is 0.183 e. The first kappa shape index (κ1) is 12.0. The predicted molar refractivity (Wildman–Crippen MR) is 59.0 cm³/mol. The van der Waals surface area contributed by atoms with Gasteiger partial charge in [-0.25, -0.2) is 0 Å². The molecule has 1 aromatic rings. The van der Waals surface area contributed by atoms with E-state index < -0.39 is 0 Å². The number of methoxy groups -OCH3 is 1. The van der Waals surface area contributed by atoms with Crippen molar-refractivity contribution in [3.8, 4) is 5.75 Å². The zero-order valence-electron chi connectivity index (χ0n) is 9.70. The van der Waals surface area contributed by atoms with Gasteiger partial charge in [-0.3, -0.25) is 0 Å². The predicted octanol–water partition coefficient (Wildman–Crippen LogP) is 2.69. The van der Waals surface area contributed by atoms with E-state index in [9.17, 15) is 5.11 Å². The van der Waals surface area contributed by atoms with E-state index in [2.05, 4.69) is 0 Å². The molecule has 0 aliphatic carbocycles. The third-order valence-corrected chi connectivity index (χ3v) is 2.32. The molecule has 1 atom stereocenters. The number of rotatable bonds is 4. The Kier molecular flexibility index (Phi) is 4.12. The number of hydrogen-bond acceptors (Lipinski definition) is 3. The van der Waals surface area contributed by atoms with E-state index in [1.54, 1.807) is 7.11 Å². The molecule has 1 unspecified atom stereocenters. The lowest BCUT2D eigenvalue weighted by Crippen LogP contribution is -2.07. The molecule has 0 bridgehead atoms. The number of hydrogen-bond donors (Lipinski definition) is 1. The summed E-state index contributed by atoms with van der Waals surface area (Å²) in [7, 11) is 1.61. The normalized spacial score (nSPS) is 12.8. The zero-order valence-corrected chi connectivity index (χ0v) is 9.70. The fraction of sp³-hybridized carbons (Fsp3) is 0.500. The molecule has 0 amide bonds. The number of phenolic OH excluding ortho intramolecular Hbond substituents is 1. The van der Waals surface area contributed by atoms with Gasteiger partial charge in [-0.15, -0.1) is 0 Å². The van der Waals surface area contributed by atoms with Gasteiger partial charge in [0.15, 0.2) is 6.29 Å². The van der Waals surface area contributed by atoms with Crippen molar-refractivity contribution in [1.82, 2.24) is 0 Å². The summed E-state index contributed by atoms with van der Waals surface area (Å²) in [6.07, 6.45) is -0.354. The average Bonchev–Trinajstić information content (AvgIpc) is 2.22. The van der Waals surface area contributed by atoms with Gasteiger partial charge in [0, 0.05) is 19.3 Å². The first-order chi connectivity index (χ1) is 7.10. The molecule has 0 fully saturated rings. The van der Waals surface area contributed by atoms with Crippen molar-refractivity contribution >= 4 is 0 Å². The number of phenols is 1. The molecule has 0 radical (unpaired) electrons. The maximum absolute atomic E-state index is 9.63. The summed E-state index contributed by atoms with van der Waals surface area (Å²) in [6.45, 7) is 6.25. The molecule has 0 saturated carbocycles. The topological polar surface area (TPSA) is 38.7 Å². The van der Waals surface area contributed by atoms with Gasteiger partial charge in [0.25, 0.3) is 0 Å². The van der Waals surface area contributed by atoms with Crippen LogP contribution in [0.5, 0.6) is 5.75 Å². The Morgan fingerprint density at radius 1 is 1.27 bits per heavy atom. The fourth-order valence-electron chi connectivity index (χ4n) is 1.58. The summed E-state index contributed by atoms with van der Waals surface area (Å²) in [4.78, 5) is 0. The summed E-state index contributed by atoms with van der Waals surface area (Å²) in [5, 5.41) is 9.63. The van der Waals surface area contributed by atoms with E-state index in [1.165, 1.54) is 0 Å². The van der Waals surface area contributed by atoms with E-state index >= 15 is 0 Å². The lowest BCUT2D eigenvalue weighted by molar-refractivity contribution is -0.124. The van der Waals surface area contributed by atoms with E-state index in [0.717, 1.165) is 16.7 Å². The van der Waals surface area contributed by atoms with Gasteiger partial charge in [0.1, 0.15) is 5.75 Å². The van der Waals surface area contributed by atoms with Crippen LogP contribution >= 0.6 is 0 Å². The van der Waals surface area contributed by atoms with Gasteiger partial charge in [0.05, 0.1) is 0 Å². The summed E-state index contributed by atoms with van der Waals surface area (Å²) in [5.74, 6) is 0.338. The molecule has 0 saturated heterocycles.